The Morgan fingerprint density at radius 3 is 2.83 bits per heavy atom. The Kier molecular flexibility index (Phi) is 2.64. The van der Waals surface area contributed by atoms with Crippen LogP contribution in [0.2, 0.25) is 0 Å². The lowest BCUT2D eigenvalue weighted by atomic mass is 10.1. The number of carbonyl (C=O) groups is 1. The van der Waals surface area contributed by atoms with Gasteiger partial charge in [0, 0.05) is 28.7 Å². The fourth-order valence-corrected chi connectivity index (χ4v) is 2.58. The van der Waals surface area contributed by atoms with Gasteiger partial charge in [-0.25, -0.2) is 9.97 Å². The van der Waals surface area contributed by atoms with Gasteiger partial charge in [0.1, 0.15) is 0 Å². The molecule has 0 aliphatic carbocycles. The van der Waals surface area contributed by atoms with E-state index in [1.54, 1.807) is 18.5 Å². The second-order valence-electron chi connectivity index (χ2n) is 3.91. The van der Waals surface area contributed by atoms with Crippen LogP contribution < -0.4 is 11.1 Å². The number of nitrogens with two attached hydrogens (primary N) is 1. The van der Waals surface area contributed by atoms with Crippen molar-refractivity contribution in [1.82, 2.24) is 9.97 Å². The molecule has 0 spiro atoms. The summed E-state index contributed by atoms with van der Waals surface area (Å²) in [7, 11) is 0. The molecule has 2 aromatic rings. The fourth-order valence-electron chi connectivity index (χ4n) is 1.80. The van der Waals surface area contributed by atoms with Crippen LogP contribution in [-0.2, 0) is 11.2 Å². The number of amides is 1. The van der Waals surface area contributed by atoms with Gasteiger partial charge in [0.2, 0.25) is 5.91 Å². The third-order valence-corrected chi connectivity index (χ3v) is 3.57. The fraction of sp³-hybridized carbons (Fsp3) is 0.0833. The number of fused-ring (bicyclic) bond motifs is 1. The summed E-state index contributed by atoms with van der Waals surface area (Å²) >= 11 is 1.38. The molecule has 0 saturated heterocycles. The Morgan fingerprint density at radius 2 is 2.06 bits per heavy atom. The van der Waals surface area contributed by atoms with Gasteiger partial charge in [-0.3, -0.25) is 4.79 Å². The summed E-state index contributed by atoms with van der Waals surface area (Å²) in [6.45, 7) is 0. The van der Waals surface area contributed by atoms with Gasteiger partial charge in [-0.05, 0) is 35.5 Å². The van der Waals surface area contributed by atoms with Gasteiger partial charge >= 0.3 is 0 Å². The van der Waals surface area contributed by atoms with E-state index in [-0.39, 0.29) is 5.91 Å². The Balaban J connectivity index is 1.94. The van der Waals surface area contributed by atoms with Crippen LogP contribution in [0.25, 0.3) is 0 Å². The van der Waals surface area contributed by atoms with Gasteiger partial charge in [0.25, 0.3) is 0 Å². The number of nitrogen functional groups attached to an aromatic ring is 1. The highest BCUT2D eigenvalue weighted by atomic mass is 32.2. The zero-order valence-corrected chi connectivity index (χ0v) is 10.2. The number of nitrogens with zero attached hydrogens (tertiary/aromatic N) is 2. The van der Waals surface area contributed by atoms with Crippen LogP contribution >= 0.6 is 11.8 Å². The summed E-state index contributed by atoms with van der Waals surface area (Å²) in [4.78, 5) is 20.4. The number of carbonyl (C=O) groups excluding carboxylic acids is 1. The average Bonchev–Trinajstić information content (AvgIpc) is 2.70. The van der Waals surface area contributed by atoms with E-state index >= 15 is 0 Å². The number of hydrogen-bond acceptors (Lipinski definition) is 5. The Hall–Kier alpha value is -2.08. The Morgan fingerprint density at radius 1 is 1.28 bits per heavy atom. The molecule has 0 bridgehead atoms. The predicted molar refractivity (Wildman–Crippen MR) is 69.3 cm³/mol. The molecule has 3 rings (SSSR count). The minimum Gasteiger partial charge on any atom is -0.398 e. The first kappa shape index (κ1) is 11.0. The number of hydrogen-bond donors (Lipinski definition) is 2. The molecule has 1 aromatic carbocycles. The van der Waals surface area contributed by atoms with Crippen LogP contribution in [0.5, 0.6) is 0 Å². The second kappa shape index (κ2) is 4.30. The summed E-state index contributed by atoms with van der Waals surface area (Å²) < 4.78 is 0. The van der Waals surface area contributed by atoms with E-state index in [4.69, 9.17) is 5.73 Å². The van der Waals surface area contributed by atoms with Crippen LogP contribution in [0.1, 0.15) is 5.56 Å². The highest BCUT2D eigenvalue weighted by molar-refractivity contribution is 7.99. The summed E-state index contributed by atoms with van der Waals surface area (Å²) in [5.74, 6) is 0.00233. The maximum atomic E-state index is 11.3. The van der Waals surface area contributed by atoms with Gasteiger partial charge in [-0.15, -0.1) is 0 Å². The number of rotatable bonds is 2. The quantitative estimate of drug-likeness (QED) is 0.633. The first-order valence-electron chi connectivity index (χ1n) is 5.39. The molecule has 18 heavy (non-hydrogen) atoms. The van der Waals surface area contributed by atoms with Crippen molar-refractivity contribution in [2.75, 3.05) is 11.1 Å². The third-order valence-electron chi connectivity index (χ3n) is 2.60. The molecule has 0 fully saturated rings. The van der Waals surface area contributed by atoms with E-state index in [0.29, 0.717) is 17.3 Å². The summed E-state index contributed by atoms with van der Waals surface area (Å²) in [6.07, 6.45) is 3.76. The van der Waals surface area contributed by atoms with E-state index in [2.05, 4.69) is 15.3 Å². The zero-order valence-electron chi connectivity index (χ0n) is 9.38. The molecule has 6 heteroatoms. The van der Waals surface area contributed by atoms with Crippen molar-refractivity contribution in [1.29, 1.82) is 0 Å². The van der Waals surface area contributed by atoms with Gasteiger partial charge in [0.15, 0.2) is 5.16 Å². The van der Waals surface area contributed by atoms with Crippen molar-refractivity contribution in [3.63, 3.8) is 0 Å². The van der Waals surface area contributed by atoms with Crippen molar-refractivity contribution in [3.8, 4) is 0 Å². The standard InChI is InChI=1S/C12H10N4OS/c13-8-4-7-5-11(17)16-9(7)6-10(8)18-12-14-2-1-3-15-12/h1-4,6H,5,13H2,(H,16,17). The van der Waals surface area contributed by atoms with Crippen molar-refractivity contribution in [3.05, 3.63) is 36.2 Å². The number of nitrogens with one attached hydrogen (secondary N) is 1. The number of aromatic nitrogens is 2. The molecule has 5 nitrogen and oxygen atoms in total. The molecule has 1 amide bonds. The first-order valence-corrected chi connectivity index (χ1v) is 6.21. The van der Waals surface area contributed by atoms with Gasteiger partial charge < -0.3 is 11.1 Å². The molecular formula is C12H10N4OS. The van der Waals surface area contributed by atoms with Crippen molar-refractivity contribution in [2.24, 2.45) is 0 Å². The lowest BCUT2D eigenvalue weighted by Gasteiger charge is -2.07. The molecule has 1 aliphatic heterocycles. The molecule has 0 saturated carbocycles. The highest BCUT2D eigenvalue weighted by Gasteiger charge is 2.19. The second-order valence-corrected chi connectivity index (χ2v) is 4.91. The minimum atomic E-state index is 0.00233. The highest BCUT2D eigenvalue weighted by Crippen LogP contribution is 2.36. The Labute approximate surface area is 108 Å². The third kappa shape index (κ3) is 2.02. The molecule has 3 N–H and O–H groups in total. The zero-order chi connectivity index (χ0) is 12.5. The maximum absolute atomic E-state index is 11.3. The van der Waals surface area contributed by atoms with E-state index in [0.717, 1.165) is 16.1 Å². The van der Waals surface area contributed by atoms with E-state index in [9.17, 15) is 4.79 Å². The number of benzene rings is 1. The molecule has 0 atom stereocenters. The maximum Gasteiger partial charge on any atom is 0.228 e. The van der Waals surface area contributed by atoms with Gasteiger partial charge in [0.05, 0.1) is 6.42 Å². The molecule has 2 heterocycles. The molecule has 0 radical (unpaired) electrons. The normalized spacial score (nSPS) is 13.2. The summed E-state index contributed by atoms with van der Waals surface area (Å²) in [5.41, 5.74) is 8.38. The van der Waals surface area contributed by atoms with Crippen molar-refractivity contribution < 1.29 is 4.79 Å². The SMILES string of the molecule is Nc1cc2c(cc1Sc1ncccn1)NC(=O)C2. The Bertz CT molecular complexity index is 615. The van der Waals surface area contributed by atoms with Gasteiger partial charge in [-0.2, -0.15) is 0 Å². The van der Waals surface area contributed by atoms with Crippen molar-refractivity contribution >= 4 is 29.0 Å². The summed E-state index contributed by atoms with van der Waals surface area (Å²) in [5, 5.41) is 3.43. The molecule has 90 valence electrons. The lowest BCUT2D eigenvalue weighted by molar-refractivity contribution is -0.115. The minimum absolute atomic E-state index is 0.00233. The van der Waals surface area contributed by atoms with Crippen molar-refractivity contribution in [2.45, 2.75) is 16.5 Å². The van der Waals surface area contributed by atoms with Crippen LogP contribution in [-0.4, -0.2) is 15.9 Å². The smallest absolute Gasteiger partial charge is 0.228 e. The first-order chi connectivity index (χ1) is 8.72. The molecular weight excluding hydrogens is 248 g/mol. The van der Waals surface area contributed by atoms with Crippen LogP contribution in [0.3, 0.4) is 0 Å². The summed E-state index contributed by atoms with van der Waals surface area (Å²) in [6, 6.07) is 5.46. The molecule has 1 aliphatic rings. The van der Waals surface area contributed by atoms with Crippen LogP contribution in [0.15, 0.2) is 40.6 Å². The largest absolute Gasteiger partial charge is 0.398 e. The number of anilines is 2. The molecule has 1 aromatic heterocycles. The van der Waals surface area contributed by atoms with E-state index in [1.165, 1.54) is 11.8 Å². The van der Waals surface area contributed by atoms with Crippen LogP contribution in [0.4, 0.5) is 11.4 Å². The lowest BCUT2D eigenvalue weighted by Crippen LogP contribution is -2.03. The monoisotopic (exact) mass is 258 g/mol. The van der Waals surface area contributed by atoms with E-state index < -0.39 is 0 Å². The topological polar surface area (TPSA) is 80.9 Å². The van der Waals surface area contributed by atoms with Gasteiger partial charge in [-0.1, -0.05) is 0 Å². The van der Waals surface area contributed by atoms with Crippen LogP contribution in [0, 0.1) is 0 Å². The van der Waals surface area contributed by atoms with E-state index in [1.807, 2.05) is 12.1 Å². The molecule has 0 unspecified atom stereocenters. The average molecular weight is 258 g/mol. The predicted octanol–water partition coefficient (Wildman–Crippen LogP) is 1.70.